The zero-order chi connectivity index (χ0) is 10.0. The standard InChI is InChI=1S/C7H11BN2O3/c1-5(2)10-7(11)4-3-6(9-10)8(12)13/h3-5,12-13H,1-2H3. The van der Waals surface area contributed by atoms with Crippen molar-refractivity contribution in [2.24, 2.45) is 0 Å². The highest BCUT2D eigenvalue weighted by Crippen LogP contribution is 1.93. The van der Waals surface area contributed by atoms with Gasteiger partial charge in [0, 0.05) is 6.07 Å². The van der Waals surface area contributed by atoms with Gasteiger partial charge in [0.1, 0.15) is 0 Å². The lowest BCUT2D eigenvalue weighted by molar-refractivity contribution is 0.419. The Morgan fingerprint density at radius 1 is 1.46 bits per heavy atom. The maximum absolute atomic E-state index is 11.2. The zero-order valence-corrected chi connectivity index (χ0v) is 7.51. The van der Waals surface area contributed by atoms with Crippen molar-refractivity contribution in [2.45, 2.75) is 19.9 Å². The van der Waals surface area contributed by atoms with Crippen molar-refractivity contribution in [2.75, 3.05) is 0 Å². The predicted molar refractivity (Wildman–Crippen MR) is 48.7 cm³/mol. The third-order valence-electron chi connectivity index (χ3n) is 1.60. The van der Waals surface area contributed by atoms with Gasteiger partial charge in [0.05, 0.1) is 11.6 Å². The summed E-state index contributed by atoms with van der Waals surface area (Å²) < 4.78 is 1.20. The van der Waals surface area contributed by atoms with Gasteiger partial charge in [-0.2, -0.15) is 5.10 Å². The molecule has 0 bridgehead atoms. The summed E-state index contributed by atoms with van der Waals surface area (Å²) in [6, 6.07) is 2.47. The van der Waals surface area contributed by atoms with Crippen LogP contribution >= 0.6 is 0 Å². The topological polar surface area (TPSA) is 75.3 Å². The SMILES string of the molecule is CC(C)n1nc(B(O)O)ccc1=O. The molecule has 0 amide bonds. The van der Waals surface area contributed by atoms with Crippen LogP contribution in [0.25, 0.3) is 0 Å². The van der Waals surface area contributed by atoms with Crippen molar-refractivity contribution >= 4 is 12.7 Å². The van der Waals surface area contributed by atoms with E-state index in [2.05, 4.69) is 5.10 Å². The lowest BCUT2D eigenvalue weighted by atomic mass is 9.86. The molecule has 1 aromatic heterocycles. The first-order chi connectivity index (χ1) is 6.02. The lowest BCUT2D eigenvalue weighted by Gasteiger charge is -2.08. The third kappa shape index (κ3) is 2.16. The Hall–Kier alpha value is -1.14. The molecule has 1 aromatic rings. The molecule has 0 saturated carbocycles. The highest BCUT2D eigenvalue weighted by Gasteiger charge is 2.14. The van der Waals surface area contributed by atoms with Crippen LogP contribution in [0.15, 0.2) is 16.9 Å². The Morgan fingerprint density at radius 2 is 2.08 bits per heavy atom. The lowest BCUT2D eigenvalue weighted by Crippen LogP contribution is -2.39. The minimum absolute atomic E-state index is 0.0771. The van der Waals surface area contributed by atoms with E-state index in [-0.39, 0.29) is 17.2 Å². The van der Waals surface area contributed by atoms with Crippen LogP contribution in [0, 0.1) is 0 Å². The number of aromatic nitrogens is 2. The summed E-state index contributed by atoms with van der Waals surface area (Å²) >= 11 is 0. The van der Waals surface area contributed by atoms with E-state index in [1.165, 1.54) is 16.8 Å². The quantitative estimate of drug-likeness (QED) is 0.546. The highest BCUT2D eigenvalue weighted by molar-refractivity contribution is 6.57. The average Bonchev–Trinajstić information content (AvgIpc) is 2.04. The average molecular weight is 182 g/mol. The highest BCUT2D eigenvalue weighted by atomic mass is 16.4. The molecule has 0 radical (unpaired) electrons. The summed E-state index contributed by atoms with van der Waals surface area (Å²) in [6.07, 6.45) is 0. The van der Waals surface area contributed by atoms with Crippen LogP contribution in [0.4, 0.5) is 0 Å². The number of rotatable bonds is 2. The van der Waals surface area contributed by atoms with Crippen LogP contribution in [0.2, 0.25) is 0 Å². The first-order valence-electron chi connectivity index (χ1n) is 3.98. The second kappa shape index (κ2) is 3.72. The smallest absolute Gasteiger partial charge is 0.422 e. The van der Waals surface area contributed by atoms with Crippen LogP contribution in [-0.2, 0) is 0 Å². The van der Waals surface area contributed by atoms with Crippen molar-refractivity contribution < 1.29 is 10.0 Å². The molecule has 2 N–H and O–H groups in total. The van der Waals surface area contributed by atoms with Gasteiger partial charge in [0.25, 0.3) is 5.56 Å². The fraction of sp³-hybridized carbons (Fsp3) is 0.429. The summed E-state index contributed by atoms with van der Waals surface area (Å²) in [7, 11) is -1.63. The van der Waals surface area contributed by atoms with Gasteiger partial charge in [-0.15, -0.1) is 0 Å². The molecule has 1 rings (SSSR count). The van der Waals surface area contributed by atoms with Crippen molar-refractivity contribution in [3.8, 4) is 0 Å². The Morgan fingerprint density at radius 3 is 2.54 bits per heavy atom. The molecule has 0 unspecified atom stereocenters. The number of hydrogen-bond donors (Lipinski definition) is 2. The summed E-state index contributed by atoms with van der Waals surface area (Å²) in [5.74, 6) is 0. The fourth-order valence-electron chi connectivity index (χ4n) is 0.948. The van der Waals surface area contributed by atoms with Crippen LogP contribution < -0.4 is 11.2 Å². The third-order valence-corrected chi connectivity index (χ3v) is 1.60. The monoisotopic (exact) mass is 182 g/mol. The van der Waals surface area contributed by atoms with Crippen molar-refractivity contribution in [3.05, 3.63) is 22.5 Å². The van der Waals surface area contributed by atoms with E-state index >= 15 is 0 Å². The van der Waals surface area contributed by atoms with E-state index in [0.29, 0.717) is 0 Å². The molecular weight excluding hydrogens is 171 g/mol. The predicted octanol–water partition coefficient (Wildman–Crippen LogP) is -1.50. The molecule has 13 heavy (non-hydrogen) atoms. The maximum Gasteiger partial charge on any atom is 0.509 e. The summed E-state index contributed by atoms with van der Waals surface area (Å²) in [5, 5.41) is 21.4. The van der Waals surface area contributed by atoms with Crippen molar-refractivity contribution in [3.63, 3.8) is 0 Å². The summed E-state index contributed by atoms with van der Waals surface area (Å²) in [5.41, 5.74) is -0.173. The number of nitrogens with zero attached hydrogens (tertiary/aromatic N) is 2. The zero-order valence-electron chi connectivity index (χ0n) is 7.51. The van der Waals surface area contributed by atoms with E-state index in [9.17, 15) is 4.79 Å². The molecule has 0 aliphatic heterocycles. The van der Waals surface area contributed by atoms with E-state index < -0.39 is 7.12 Å². The van der Waals surface area contributed by atoms with Crippen LogP contribution in [-0.4, -0.2) is 26.9 Å². The Bertz CT molecular complexity index is 348. The molecule has 0 atom stereocenters. The van der Waals surface area contributed by atoms with Crippen molar-refractivity contribution in [1.29, 1.82) is 0 Å². The summed E-state index contributed by atoms with van der Waals surface area (Å²) in [6.45, 7) is 3.59. The normalized spacial score (nSPS) is 10.5. The van der Waals surface area contributed by atoms with Gasteiger partial charge in [-0.05, 0) is 19.9 Å². The minimum atomic E-state index is -1.63. The second-order valence-electron chi connectivity index (χ2n) is 3.01. The van der Waals surface area contributed by atoms with Gasteiger partial charge in [-0.25, -0.2) is 4.68 Å². The Balaban J connectivity index is 3.19. The minimum Gasteiger partial charge on any atom is -0.422 e. The fourth-order valence-corrected chi connectivity index (χ4v) is 0.948. The van der Waals surface area contributed by atoms with Gasteiger partial charge in [-0.3, -0.25) is 4.79 Å². The van der Waals surface area contributed by atoms with Gasteiger partial charge in [0.2, 0.25) is 0 Å². The van der Waals surface area contributed by atoms with Crippen LogP contribution in [0.5, 0.6) is 0 Å². The molecule has 0 fully saturated rings. The number of hydrogen-bond acceptors (Lipinski definition) is 4. The molecule has 0 aliphatic carbocycles. The maximum atomic E-state index is 11.2. The van der Waals surface area contributed by atoms with E-state index in [0.717, 1.165) is 0 Å². The van der Waals surface area contributed by atoms with Crippen molar-refractivity contribution in [1.82, 2.24) is 9.78 Å². The Labute approximate surface area is 75.8 Å². The molecule has 0 saturated heterocycles. The van der Waals surface area contributed by atoms with Gasteiger partial charge >= 0.3 is 7.12 Å². The molecular formula is C7H11BN2O3. The molecule has 0 aromatic carbocycles. The summed E-state index contributed by atoms with van der Waals surface area (Å²) in [4.78, 5) is 11.2. The van der Waals surface area contributed by atoms with E-state index in [1.54, 1.807) is 13.8 Å². The van der Waals surface area contributed by atoms with Gasteiger partial charge in [-0.1, -0.05) is 0 Å². The molecule has 70 valence electrons. The van der Waals surface area contributed by atoms with Gasteiger partial charge < -0.3 is 10.0 Å². The second-order valence-corrected chi connectivity index (χ2v) is 3.01. The van der Waals surface area contributed by atoms with E-state index in [1.807, 2.05) is 0 Å². The molecule has 1 heterocycles. The first kappa shape index (κ1) is 9.95. The molecule has 0 spiro atoms. The Kier molecular flexibility index (Phi) is 2.85. The molecule has 5 nitrogen and oxygen atoms in total. The van der Waals surface area contributed by atoms with Crippen LogP contribution in [0.3, 0.4) is 0 Å². The molecule has 6 heteroatoms. The van der Waals surface area contributed by atoms with E-state index in [4.69, 9.17) is 10.0 Å². The largest absolute Gasteiger partial charge is 0.509 e. The van der Waals surface area contributed by atoms with Crippen LogP contribution in [0.1, 0.15) is 19.9 Å². The van der Waals surface area contributed by atoms with Gasteiger partial charge in [0.15, 0.2) is 0 Å². The first-order valence-corrected chi connectivity index (χ1v) is 3.98. The molecule has 0 aliphatic rings.